The normalized spacial score (nSPS) is 18.8. The van der Waals surface area contributed by atoms with Crippen molar-refractivity contribution in [3.05, 3.63) is 59.9 Å². The molecule has 8 heteroatoms. The standard InChI is InChI=1S/C28H32N6O2/c1-18-12-24(25(16-29-18)35-17-23-6-10-28(36-23)8-4-5-9-28)21-7-11-34-22(14-21)15-27(33-34)32-26-13-19(2)30-20(3)31-26/h7,11-16,23H,4-6,8-10,17H2,1-3H3,(H,30,31,32,33). The SMILES string of the molecule is Cc1cc(-c2ccn3nc(Nc4cc(C)nc(C)n4)cc3c2)c(OCC2CCC3(CCCC3)O2)cn1. The summed E-state index contributed by atoms with van der Waals surface area (Å²) < 4.78 is 14.6. The monoisotopic (exact) mass is 484 g/mol. The molecule has 5 heterocycles. The van der Waals surface area contributed by atoms with Gasteiger partial charge in [0.15, 0.2) is 5.82 Å². The second kappa shape index (κ2) is 9.17. The molecule has 2 fully saturated rings. The van der Waals surface area contributed by atoms with Crippen molar-refractivity contribution in [1.82, 2.24) is 24.6 Å². The highest BCUT2D eigenvalue weighted by atomic mass is 16.6. The lowest BCUT2D eigenvalue weighted by molar-refractivity contribution is -0.0508. The van der Waals surface area contributed by atoms with Gasteiger partial charge in [-0.25, -0.2) is 14.5 Å². The van der Waals surface area contributed by atoms with Crippen molar-refractivity contribution in [1.29, 1.82) is 0 Å². The van der Waals surface area contributed by atoms with Crippen LogP contribution in [0.1, 0.15) is 55.7 Å². The summed E-state index contributed by atoms with van der Waals surface area (Å²) in [6.45, 7) is 6.40. The third kappa shape index (κ3) is 4.65. The maximum atomic E-state index is 6.45. The van der Waals surface area contributed by atoms with Crippen LogP contribution in [0.25, 0.3) is 16.6 Å². The Bertz CT molecular complexity index is 1390. The molecule has 36 heavy (non-hydrogen) atoms. The number of nitrogens with zero attached hydrogens (tertiary/aromatic N) is 5. The highest BCUT2D eigenvalue weighted by Crippen LogP contribution is 2.43. The van der Waals surface area contributed by atoms with Crippen LogP contribution in [0, 0.1) is 20.8 Å². The van der Waals surface area contributed by atoms with Crippen molar-refractivity contribution in [3.8, 4) is 16.9 Å². The summed E-state index contributed by atoms with van der Waals surface area (Å²) in [5.74, 6) is 2.97. The molecule has 0 bridgehead atoms. The number of fused-ring (bicyclic) bond motifs is 1. The molecule has 0 radical (unpaired) electrons. The molecular weight excluding hydrogens is 452 g/mol. The Morgan fingerprint density at radius 2 is 1.89 bits per heavy atom. The van der Waals surface area contributed by atoms with E-state index in [4.69, 9.17) is 9.47 Å². The van der Waals surface area contributed by atoms with Crippen LogP contribution < -0.4 is 10.1 Å². The van der Waals surface area contributed by atoms with Crippen LogP contribution in [0.4, 0.5) is 11.6 Å². The zero-order valence-electron chi connectivity index (χ0n) is 21.1. The third-order valence-electron chi connectivity index (χ3n) is 7.28. The van der Waals surface area contributed by atoms with E-state index in [1.807, 2.05) is 49.8 Å². The summed E-state index contributed by atoms with van der Waals surface area (Å²) in [6.07, 6.45) is 11.1. The van der Waals surface area contributed by atoms with Gasteiger partial charge >= 0.3 is 0 Å². The van der Waals surface area contributed by atoms with E-state index >= 15 is 0 Å². The van der Waals surface area contributed by atoms with Crippen molar-refractivity contribution in [2.45, 2.75) is 71.0 Å². The first kappa shape index (κ1) is 22.9. The highest BCUT2D eigenvalue weighted by Gasteiger charge is 2.42. The second-order valence-electron chi connectivity index (χ2n) is 10.2. The number of nitrogens with one attached hydrogen (secondary N) is 1. The molecule has 1 aliphatic heterocycles. The maximum absolute atomic E-state index is 6.45. The molecule has 6 rings (SSSR count). The number of ether oxygens (including phenoxy) is 2. The number of anilines is 2. The number of pyridine rings is 2. The molecule has 4 aromatic rings. The fraction of sp³-hybridized carbons (Fsp3) is 0.429. The van der Waals surface area contributed by atoms with E-state index < -0.39 is 0 Å². The molecule has 1 saturated carbocycles. The average molecular weight is 485 g/mol. The van der Waals surface area contributed by atoms with Gasteiger partial charge in [-0.3, -0.25) is 4.98 Å². The van der Waals surface area contributed by atoms with Gasteiger partial charge in [-0.1, -0.05) is 12.8 Å². The number of aromatic nitrogens is 5. The van der Waals surface area contributed by atoms with Crippen molar-refractivity contribution >= 4 is 17.2 Å². The summed E-state index contributed by atoms with van der Waals surface area (Å²) in [5, 5.41) is 7.95. The highest BCUT2D eigenvalue weighted by molar-refractivity contribution is 5.75. The third-order valence-corrected chi connectivity index (χ3v) is 7.28. The van der Waals surface area contributed by atoms with Crippen molar-refractivity contribution in [3.63, 3.8) is 0 Å². The Kier molecular flexibility index (Phi) is 5.84. The van der Waals surface area contributed by atoms with Crippen LogP contribution in [0.15, 0.2) is 42.7 Å². The molecule has 1 aliphatic carbocycles. The van der Waals surface area contributed by atoms with Crippen LogP contribution in [0.2, 0.25) is 0 Å². The van der Waals surface area contributed by atoms with Crippen LogP contribution in [0.5, 0.6) is 5.75 Å². The van der Waals surface area contributed by atoms with Gasteiger partial charge in [0.2, 0.25) is 0 Å². The number of hydrogen-bond acceptors (Lipinski definition) is 7. The lowest BCUT2D eigenvalue weighted by atomic mass is 9.98. The van der Waals surface area contributed by atoms with Crippen LogP contribution in [0.3, 0.4) is 0 Å². The first-order valence-electron chi connectivity index (χ1n) is 12.8. The van der Waals surface area contributed by atoms with Crippen molar-refractivity contribution in [2.75, 3.05) is 11.9 Å². The van der Waals surface area contributed by atoms with E-state index in [1.165, 1.54) is 25.7 Å². The second-order valence-corrected chi connectivity index (χ2v) is 10.2. The summed E-state index contributed by atoms with van der Waals surface area (Å²) in [7, 11) is 0. The Morgan fingerprint density at radius 3 is 2.72 bits per heavy atom. The molecule has 0 aromatic carbocycles. The molecule has 1 saturated heterocycles. The van der Waals surface area contributed by atoms with Crippen molar-refractivity contribution in [2.24, 2.45) is 0 Å². The van der Waals surface area contributed by atoms with Gasteiger partial charge in [0, 0.05) is 35.3 Å². The predicted molar refractivity (Wildman–Crippen MR) is 139 cm³/mol. The Hall–Kier alpha value is -3.52. The smallest absolute Gasteiger partial charge is 0.154 e. The zero-order chi connectivity index (χ0) is 24.7. The summed E-state index contributed by atoms with van der Waals surface area (Å²) in [4.78, 5) is 13.3. The summed E-state index contributed by atoms with van der Waals surface area (Å²) in [6, 6.07) is 10.2. The molecule has 186 valence electrons. The molecule has 2 aliphatic rings. The zero-order valence-corrected chi connectivity index (χ0v) is 21.1. The Balaban J connectivity index is 1.22. The van der Waals surface area contributed by atoms with Crippen LogP contribution in [-0.2, 0) is 4.74 Å². The minimum absolute atomic E-state index is 0.115. The topological polar surface area (TPSA) is 86.5 Å². The van der Waals surface area contributed by atoms with Gasteiger partial charge in [0.1, 0.15) is 24.0 Å². The maximum Gasteiger partial charge on any atom is 0.154 e. The van der Waals surface area contributed by atoms with E-state index in [0.29, 0.717) is 6.61 Å². The first-order chi connectivity index (χ1) is 17.4. The lowest BCUT2D eigenvalue weighted by Gasteiger charge is -2.24. The van der Waals surface area contributed by atoms with Gasteiger partial charge in [0.05, 0.1) is 23.4 Å². The molecule has 1 unspecified atom stereocenters. The fourth-order valence-corrected chi connectivity index (χ4v) is 5.61. The fourth-order valence-electron chi connectivity index (χ4n) is 5.61. The molecule has 4 aromatic heterocycles. The van der Waals surface area contributed by atoms with Crippen LogP contribution >= 0.6 is 0 Å². The predicted octanol–water partition coefficient (Wildman–Crippen LogP) is 5.73. The largest absolute Gasteiger partial charge is 0.489 e. The molecule has 1 N–H and O–H groups in total. The molecule has 1 atom stereocenters. The molecule has 8 nitrogen and oxygen atoms in total. The first-order valence-corrected chi connectivity index (χ1v) is 12.8. The molecular formula is C28H32N6O2. The van der Waals surface area contributed by atoms with Crippen LogP contribution in [-0.4, -0.2) is 42.9 Å². The lowest BCUT2D eigenvalue weighted by Crippen LogP contribution is -2.27. The van der Waals surface area contributed by atoms with Gasteiger partial charge in [-0.05, 0) is 70.2 Å². The van der Waals surface area contributed by atoms with E-state index in [-0.39, 0.29) is 11.7 Å². The number of aryl methyl sites for hydroxylation is 3. The van der Waals surface area contributed by atoms with E-state index in [2.05, 4.69) is 43.6 Å². The van der Waals surface area contributed by atoms with E-state index in [1.54, 1.807) is 0 Å². The van der Waals surface area contributed by atoms with E-state index in [9.17, 15) is 0 Å². The quantitative estimate of drug-likeness (QED) is 0.374. The average Bonchev–Trinajstić information content (AvgIpc) is 3.57. The van der Waals surface area contributed by atoms with Gasteiger partial charge in [-0.15, -0.1) is 0 Å². The summed E-state index contributed by atoms with van der Waals surface area (Å²) in [5.41, 5.74) is 5.03. The molecule has 1 spiro atoms. The number of hydrogen-bond donors (Lipinski definition) is 1. The van der Waals surface area contributed by atoms with Gasteiger partial charge in [-0.2, -0.15) is 5.10 Å². The Labute approximate surface area is 211 Å². The summed E-state index contributed by atoms with van der Waals surface area (Å²) >= 11 is 0. The molecule has 0 amide bonds. The number of rotatable bonds is 6. The Morgan fingerprint density at radius 1 is 1.03 bits per heavy atom. The van der Waals surface area contributed by atoms with Gasteiger partial charge < -0.3 is 14.8 Å². The minimum atomic E-state index is 0.115. The minimum Gasteiger partial charge on any atom is -0.489 e. The van der Waals surface area contributed by atoms with E-state index in [0.717, 1.165) is 64.1 Å². The van der Waals surface area contributed by atoms with Crippen molar-refractivity contribution < 1.29 is 9.47 Å². The van der Waals surface area contributed by atoms with Gasteiger partial charge in [0.25, 0.3) is 0 Å².